The number of hydrogen-bond acceptors (Lipinski definition) is 2. The molecule has 0 aliphatic carbocycles. The molecule has 2 nitrogen and oxygen atoms in total. The van der Waals surface area contributed by atoms with E-state index in [0.29, 0.717) is 0 Å². The topological polar surface area (TPSA) is 16.1 Å². The van der Waals surface area contributed by atoms with Crippen LogP contribution in [0.2, 0.25) is 0 Å². The van der Waals surface area contributed by atoms with E-state index >= 15 is 0 Å². The number of pyridine rings is 1. The molecule has 1 aromatic rings. The van der Waals surface area contributed by atoms with Gasteiger partial charge in [-0.3, -0.25) is 0 Å². The Bertz CT molecular complexity index is 315. The van der Waals surface area contributed by atoms with Crippen LogP contribution < -0.4 is 4.90 Å². The molecular formula is C11H14ClFN2. The molecule has 1 unspecified atom stereocenters. The number of hydrogen-bond donors (Lipinski definition) is 0. The number of aromatic nitrogens is 1. The third-order valence-electron chi connectivity index (χ3n) is 2.69. The predicted octanol–water partition coefficient (Wildman–Crippen LogP) is 2.82. The van der Waals surface area contributed by atoms with Gasteiger partial charge in [0.1, 0.15) is 11.6 Å². The lowest BCUT2D eigenvalue weighted by Crippen LogP contribution is -2.25. The monoisotopic (exact) mass is 228 g/mol. The molecule has 2 heterocycles. The first kappa shape index (κ1) is 10.7. The summed E-state index contributed by atoms with van der Waals surface area (Å²) in [6.07, 6.45) is 4.37. The van der Waals surface area contributed by atoms with Gasteiger partial charge in [-0.25, -0.2) is 9.37 Å². The third-order valence-corrected chi connectivity index (χ3v) is 3.13. The first-order valence-corrected chi connectivity index (χ1v) is 5.70. The molecule has 4 heteroatoms. The van der Waals surface area contributed by atoms with Gasteiger partial charge in [-0.2, -0.15) is 0 Å². The fourth-order valence-electron chi connectivity index (χ4n) is 1.84. The van der Waals surface area contributed by atoms with Crippen LogP contribution in [-0.4, -0.2) is 23.5 Å². The average Bonchev–Trinajstić information content (AvgIpc) is 2.44. The molecule has 0 saturated carbocycles. The smallest absolute Gasteiger partial charge is 0.141 e. The van der Waals surface area contributed by atoms with Gasteiger partial charge in [-0.05, 0) is 31.4 Å². The van der Waals surface area contributed by atoms with Gasteiger partial charge in [0.25, 0.3) is 0 Å². The van der Waals surface area contributed by atoms with Gasteiger partial charge in [0.15, 0.2) is 0 Å². The second-order valence-corrected chi connectivity index (χ2v) is 4.47. The van der Waals surface area contributed by atoms with Gasteiger partial charge in [0, 0.05) is 18.5 Å². The van der Waals surface area contributed by atoms with Gasteiger partial charge < -0.3 is 4.90 Å². The Morgan fingerprint density at radius 1 is 1.33 bits per heavy atom. The van der Waals surface area contributed by atoms with Gasteiger partial charge in [-0.1, -0.05) is 0 Å². The second kappa shape index (κ2) is 4.79. The summed E-state index contributed by atoms with van der Waals surface area (Å²) in [5, 5.41) is 0.274. The summed E-state index contributed by atoms with van der Waals surface area (Å²) < 4.78 is 12.7. The van der Waals surface area contributed by atoms with Gasteiger partial charge in [-0.15, -0.1) is 11.6 Å². The zero-order valence-electron chi connectivity index (χ0n) is 8.50. The van der Waals surface area contributed by atoms with Gasteiger partial charge in [0.05, 0.1) is 6.20 Å². The molecule has 2 rings (SSSR count). The van der Waals surface area contributed by atoms with Crippen LogP contribution in [0.3, 0.4) is 0 Å². The number of nitrogens with zero attached hydrogens (tertiary/aromatic N) is 2. The van der Waals surface area contributed by atoms with Crippen LogP contribution >= 0.6 is 11.6 Å². The van der Waals surface area contributed by atoms with E-state index in [4.69, 9.17) is 11.6 Å². The summed E-state index contributed by atoms with van der Waals surface area (Å²) >= 11 is 6.09. The first-order chi connectivity index (χ1) is 7.25. The quantitative estimate of drug-likeness (QED) is 0.688. The lowest BCUT2D eigenvalue weighted by atomic mass is 10.2. The van der Waals surface area contributed by atoms with E-state index in [1.54, 1.807) is 6.07 Å². The highest BCUT2D eigenvalue weighted by atomic mass is 35.5. The molecule has 1 aliphatic rings. The van der Waals surface area contributed by atoms with Crippen molar-refractivity contribution >= 4 is 17.4 Å². The zero-order valence-corrected chi connectivity index (χ0v) is 9.25. The van der Waals surface area contributed by atoms with Crippen LogP contribution in [-0.2, 0) is 0 Å². The second-order valence-electron chi connectivity index (χ2n) is 3.85. The molecule has 1 fully saturated rings. The zero-order chi connectivity index (χ0) is 10.7. The van der Waals surface area contributed by atoms with E-state index in [1.807, 2.05) is 0 Å². The Morgan fingerprint density at radius 2 is 2.20 bits per heavy atom. The highest BCUT2D eigenvalue weighted by Crippen LogP contribution is 2.20. The van der Waals surface area contributed by atoms with Crippen LogP contribution in [0.1, 0.15) is 19.3 Å². The lowest BCUT2D eigenvalue weighted by Gasteiger charge is -2.21. The maximum atomic E-state index is 12.7. The largest absolute Gasteiger partial charge is 0.357 e. The minimum absolute atomic E-state index is 0.274. The summed E-state index contributed by atoms with van der Waals surface area (Å²) in [6.45, 7) is 1.87. The fraction of sp³-hybridized carbons (Fsp3) is 0.545. The van der Waals surface area contributed by atoms with Crippen LogP contribution in [0.25, 0.3) is 0 Å². The van der Waals surface area contributed by atoms with E-state index in [0.717, 1.165) is 38.2 Å². The molecule has 1 aliphatic heterocycles. The summed E-state index contributed by atoms with van der Waals surface area (Å²) in [5.74, 6) is 0.561. The molecule has 0 spiro atoms. The molecule has 0 aromatic carbocycles. The highest BCUT2D eigenvalue weighted by Gasteiger charge is 2.15. The molecule has 0 N–H and O–H groups in total. The third kappa shape index (κ3) is 2.81. The number of anilines is 1. The molecule has 15 heavy (non-hydrogen) atoms. The van der Waals surface area contributed by atoms with Crippen LogP contribution in [0, 0.1) is 5.82 Å². The Balaban J connectivity index is 2.06. The molecular weight excluding hydrogens is 215 g/mol. The van der Waals surface area contributed by atoms with Crippen LogP contribution in [0.5, 0.6) is 0 Å². The Labute approximate surface area is 94.1 Å². The fourth-order valence-corrected chi connectivity index (χ4v) is 2.09. The number of rotatable bonds is 1. The Kier molecular flexibility index (Phi) is 3.41. The molecule has 0 amide bonds. The molecule has 1 saturated heterocycles. The van der Waals surface area contributed by atoms with Crippen molar-refractivity contribution in [3.8, 4) is 0 Å². The van der Waals surface area contributed by atoms with Crippen molar-refractivity contribution in [2.75, 3.05) is 18.0 Å². The van der Waals surface area contributed by atoms with Gasteiger partial charge >= 0.3 is 0 Å². The van der Waals surface area contributed by atoms with Crippen molar-refractivity contribution in [2.24, 2.45) is 0 Å². The van der Waals surface area contributed by atoms with E-state index in [2.05, 4.69) is 9.88 Å². The molecule has 0 bridgehead atoms. The lowest BCUT2D eigenvalue weighted by molar-refractivity contribution is 0.620. The minimum Gasteiger partial charge on any atom is -0.357 e. The number of halogens is 2. The Hall–Kier alpha value is -0.830. The van der Waals surface area contributed by atoms with Gasteiger partial charge in [0.2, 0.25) is 0 Å². The van der Waals surface area contributed by atoms with E-state index in [-0.39, 0.29) is 11.2 Å². The predicted molar refractivity (Wildman–Crippen MR) is 59.9 cm³/mol. The average molecular weight is 229 g/mol. The maximum Gasteiger partial charge on any atom is 0.141 e. The van der Waals surface area contributed by atoms with Crippen LogP contribution in [0.4, 0.5) is 10.2 Å². The van der Waals surface area contributed by atoms with Crippen LogP contribution in [0.15, 0.2) is 18.3 Å². The van der Waals surface area contributed by atoms with Crippen molar-refractivity contribution in [3.63, 3.8) is 0 Å². The van der Waals surface area contributed by atoms with E-state index < -0.39 is 0 Å². The van der Waals surface area contributed by atoms with E-state index in [9.17, 15) is 4.39 Å². The molecule has 1 aromatic heterocycles. The Morgan fingerprint density at radius 3 is 2.93 bits per heavy atom. The number of alkyl halides is 1. The van der Waals surface area contributed by atoms with E-state index in [1.165, 1.54) is 12.3 Å². The molecule has 1 atom stereocenters. The van der Waals surface area contributed by atoms with Crippen molar-refractivity contribution < 1.29 is 4.39 Å². The van der Waals surface area contributed by atoms with Crippen molar-refractivity contribution in [1.29, 1.82) is 0 Å². The normalized spacial score (nSPS) is 22.5. The van der Waals surface area contributed by atoms with Crippen molar-refractivity contribution in [1.82, 2.24) is 4.98 Å². The standard InChI is InChI=1S/C11H14ClFN2/c12-9-2-1-6-15(7-5-9)11-4-3-10(13)8-14-11/h3-4,8-9H,1-2,5-7H2. The summed E-state index contributed by atoms with van der Waals surface area (Å²) in [7, 11) is 0. The SMILES string of the molecule is Fc1ccc(N2CCCC(Cl)CC2)nc1. The summed E-state index contributed by atoms with van der Waals surface area (Å²) in [4.78, 5) is 6.24. The maximum absolute atomic E-state index is 12.7. The highest BCUT2D eigenvalue weighted by molar-refractivity contribution is 6.20. The minimum atomic E-state index is -0.288. The first-order valence-electron chi connectivity index (χ1n) is 5.26. The summed E-state index contributed by atoms with van der Waals surface area (Å²) in [6, 6.07) is 3.18. The molecule has 0 radical (unpaired) electrons. The molecule has 82 valence electrons. The van der Waals surface area contributed by atoms with Crippen molar-refractivity contribution in [3.05, 3.63) is 24.1 Å². The van der Waals surface area contributed by atoms with Crippen molar-refractivity contribution in [2.45, 2.75) is 24.6 Å². The summed E-state index contributed by atoms with van der Waals surface area (Å²) in [5.41, 5.74) is 0.